The molecule has 1 rings (SSSR count). The minimum Gasteiger partial charge on any atom is -0.368 e. The Morgan fingerprint density at radius 2 is 1.59 bits per heavy atom. The van der Waals surface area contributed by atoms with Crippen LogP contribution in [-0.4, -0.2) is 62.2 Å². The van der Waals surface area contributed by atoms with E-state index < -0.39 is 33.9 Å². The van der Waals surface area contributed by atoms with E-state index in [-0.39, 0.29) is 23.9 Å². The van der Waals surface area contributed by atoms with Crippen molar-refractivity contribution in [3.8, 4) is 0 Å². The highest BCUT2D eigenvalue weighted by molar-refractivity contribution is 7.89. The quantitative estimate of drug-likeness (QED) is 0.161. The smallest absolute Gasteiger partial charge is 0.243 e. The van der Waals surface area contributed by atoms with E-state index in [0.29, 0.717) is 37.3 Å². The van der Waals surface area contributed by atoms with E-state index in [2.05, 4.69) is 17.6 Å². The highest BCUT2D eigenvalue weighted by Crippen LogP contribution is 2.20. The van der Waals surface area contributed by atoms with Gasteiger partial charge in [-0.2, -0.15) is 4.31 Å². The zero-order valence-corrected chi connectivity index (χ0v) is 24.9. The van der Waals surface area contributed by atoms with Crippen molar-refractivity contribution in [1.82, 2.24) is 14.9 Å². The Hall–Kier alpha value is -2.21. The van der Waals surface area contributed by atoms with Gasteiger partial charge in [0.15, 0.2) is 0 Å². The van der Waals surface area contributed by atoms with Gasteiger partial charge in [0.25, 0.3) is 0 Å². The topological polar surface area (TPSA) is 165 Å². The molecule has 0 fully saturated rings. The van der Waals surface area contributed by atoms with E-state index in [9.17, 15) is 22.8 Å². The number of halogens is 1. The monoisotopic (exact) mass is 587 g/mol. The predicted molar refractivity (Wildman–Crippen MR) is 154 cm³/mol. The van der Waals surface area contributed by atoms with Gasteiger partial charge in [-0.05, 0) is 63.4 Å². The summed E-state index contributed by atoms with van der Waals surface area (Å²) in [5.41, 5.74) is 11.0. The molecule has 1 aromatic carbocycles. The normalized spacial score (nSPS) is 13.2. The summed E-state index contributed by atoms with van der Waals surface area (Å²) in [4.78, 5) is 37.3. The summed E-state index contributed by atoms with van der Waals surface area (Å²) in [5, 5.41) is 5.89. The first-order valence-corrected chi connectivity index (χ1v) is 15.7. The molecule has 0 aliphatic heterocycles. The lowest BCUT2D eigenvalue weighted by Crippen LogP contribution is -2.51. The number of rotatable bonds is 21. The lowest BCUT2D eigenvalue weighted by atomic mass is 10.1. The van der Waals surface area contributed by atoms with Crippen molar-refractivity contribution >= 4 is 39.3 Å². The summed E-state index contributed by atoms with van der Waals surface area (Å²) < 4.78 is 27.4. The minimum absolute atomic E-state index is 0.0522. The van der Waals surface area contributed by atoms with E-state index in [1.54, 1.807) is 0 Å². The Morgan fingerprint density at radius 1 is 0.974 bits per heavy atom. The second-order valence-corrected chi connectivity index (χ2v) is 12.0. The number of sulfonamides is 1. The van der Waals surface area contributed by atoms with Gasteiger partial charge in [0.1, 0.15) is 12.1 Å². The molecule has 0 saturated heterocycles. The Balaban J connectivity index is 2.76. The van der Waals surface area contributed by atoms with Gasteiger partial charge in [-0.15, -0.1) is 0 Å². The molecule has 12 heteroatoms. The van der Waals surface area contributed by atoms with E-state index in [1.165, 1.54) is 56.9 Å². The summed E-state index contributed by atoms with van der Waals surface area (Å²) in [5.74, 6) is -1.43. The van der Waals surface area contributed by atoms with Crippen molar-refractivity contribution in [1.29, 1.82) is 0 Å². The first-order valence-electron chi connectivity index (χ1n) is 13.9. The number of nitrogens with two attached hydrogens (primary N) is 2. The standard InChI is InChI=1S/C27H46ClN5O5S/c1-3-4-5-6-7-8-9-13-25(34)32-24(12-10-11-18-29)27(36)31-19-20-33(21(2)26(30)35)39(37,38)23-16-14-22(28)15-17-23/h14-17,21,24H,3-13,18-20,29H2,1-2H3,(H2,30,35)(H,31,36)(H,32,34)/t21-,24-/m0/s1. The zero-order valence-electron chi connectivity index (χ0n) is 23.3. The molecular weight excluding hydrogens is 542 g/mol. The Bertz CT molecular complexity index is 991. The predicted octanol–water partition coefficient (Wildman–Crippen LogP) is 3.08. The van der Waals surface area contributed by atoms with E-state index in [4.69, 9.17) is 23.1 Å². The van der Waals surface area contributed by atoms with Crippen molar-refractivity contribution in [3.05, 3.63) is 29.3 Å². The summed E-state index contributed by atoms with van der Waals surface area (Å²) in [6.45, 7) is 3.76. The van der Waals surface area contributed by atoms with Crippen LogP contribution in [0.25, 0.3) is 0 Å². The van der Waals surface area contributed by atoms with Crippen molar-refractivity contribution < 1.29 is 22.8 Å². The molecule has 0 aliphatic carbocycles. The van der Waals surface area contributed by atoms with Crippen LogP contribution in [-0.2, 0) is 24.4 Å². The molecular formula is C27H46ClN5O5S. The number of unbranched alkanes of at least 4 members (excludes halogenated alkanes) is 7. The van der Waals surface area contributed by atoms with Crippen molar-refractivity contribution in [2.45, 2.75) is 101 Å². The Morgan fingerprint density at radius 3 is 2.18 bits per heavy atom. The molecule has 0 aliphatic rings. The second-order valence-electron chi connectivity index (χ2n) is 9.71. The largest absolute Gasteiger partial charge is 0.368 e. The van der Waals surface area contributed by atoms with Crippen LogP contribution in [0.1, 0.15) is 84.5 Å². The van der Waals surface area contributed by atoms with Crippen molar-refractivity contribution in [2.75, 3.05) is 19.6 Å². The maximum Gasteiger partial charge on any atom is 0.243 e. The summed E-state index contributed by atoms with van der Waals surface area (Å²) in [7, 11) is -4.10. The molecule has 0 radical (unpaired) electrons. The van der Waals surface area contributed by atoms with Crippen LogP contribution in [0.3, 0.4) is 0 Å². The zero-order chi connectivity index (χ0) is 29.3. The fraction of sp³-hybridized carbons (Fsp3) is 0.667. The molecule has 222 valence electrons. The first-order chi connectivity index (χ1) is 18.5. The molecule has 3 amide bonds. The molecule has 0 saturated carbocycles. The van der Waals surface area contributed by atoms with Crippen LogP contribution in [0.2, 0.25) is 5.02 Å². The highest BCUT2D eigenvalue weighted by atomic mass is 35.5. The number of carbonyl (C=O) groups excluding carboxylic acids is 3. The molecule has 0 spiro atoms. The average molecular weight is 588 g/mol. The van der Waals surface area contributed by atoms with Gasteiger partial charge >= 0.3 is 0 Å². The Labute approximate surface area is 238 Å². The number of hydrogen-bond acceptors (Lipinski definition) is 6. The number of nitrogens with one attached hydrogen (secondary N) is 2. The summed E-state index contributed by atoms with van der Waals surface area (Å²) in [6.07, 6.45) is 9.74. The molecule has 0 aromatic heterocycles. The molecule has 0 bridgehead atoms. The van der Waals surface area contributed by atoms with Gasteiger partial charge in [-0.1, -0.05) is 57.0 Å². The van der Waals surface area contributed by atoms with Crippen LogP contribution in [0.5, 0.6) is 0 Å². The van der Waals surface area contributed by atoms with Crippen LogP contribution in [0.4, 0.5) is 0 Å². The van der Waals surface area contributed by atoms with Crippen LogP contribution in [0, 0.1) is 0 Å². The van der Waals surface area contributed by atoms with Crippen LogP contribution < -0.4 is 22.1 Å². The minimum atomic E-state index is -4.10. The van der Waals surface area contributed by atoms with Gasteiger partial charge in [0.05, 0.1) is 4.90 Å². The van der Waals surface area contributed by atoms with Crippen molar-refractivity contribution in [2.24, 2.45) is 11.5 Å². The Kier molecular flexibility index (Phi) is 16.9. The third-order valence-electron chi connectivity index (χ3n) is 6.50. The van der Waals surface area contributed by atoms with E-state index in [1.807, 2.05) is 0 Å². The SMILES string of the molecule is CCCCCCCCCC(=O)N[C@@H](CCCCN)C(=O)NCCN([C@@H](C)C(N)=O)S(=O)(=O)c1ccc(Cl)cc1. The number of benzene rings is 1. The third-order valence-corrected chi connectivity index (χ3v) is 8.74. The number of primary amides is 1. The highest BCUT2D eigenvalue weighted by Gasteiger charge is 2.32. The van der Waals surface area contributed by atoms with Gasteiger partial charge < -0.3 is 22.1 Å². The number of hydrogen-bond donors (Lipinski definition) is 4. The fourth-order valence-corrected chi connectivity index (χ4v) is 5.82. The molecule has 0 heterocycles. The third kappa shape index (κ3) is 13.1. The molecule has 6 N–H and O–H groups in total. The molecule has 2 atom stereocenters. The van der Waals surface area contributed by atoms with Crippen LogP contribution >= 0.6 is 11.6 Å². The number of amides is 3. The van der Waals surface area contributed by atoms with Gasteiger partial charge in [0, 0.05) is 24.5 Å². The molecule has 0 unspecified atom stereocenters. The van der Waals surface area contributed by atoms with Gasteiger partial charge in [-0.3, -0.25) is 14.4 Å². The summed E-state index contributed by atoms with van der Waals surface area (Å²) >= 11 is 5.88. The summed E-state index contributed by atoms with van der Waals surface area (Å²) in [6, 6.07) is 3.64. The van der Waals surface area contributed by atoms with E-state index >= 15 is 0 Å². The average Bonchev–Trinajstić information content (AvgIpc) is 2.89. The van der Waals surface area contributed by atoms with Crippen LogP contribution in [0.15, 0.2) is 29.2 Å². The van der Waals surface area contributed by atoms with E-state index in [0.717, 1.165) is 23.6 Å². The van der Waals surface area contributed by atoms with Gasteiger partial charge in [0.2, 0.25) is 27.7 Å². The first kappa shape index (κ1) is 34.8. The maximum absolute atomic E-state index is 13.2. The molecule has 1 aromatic rings. The fourth-order valence-electron chi connectivity index (χ4n) is 4.09. The number of carbonyl (C=O) groups is 3. The second kappa shape index (κ2) is 19.0. The molecule has 39 heavy (non-hydrogen) atoms. The van der Waals surface area contributed by atoms with Crippen molar-refractivity contribution in [3.63, 3.8) is 0 Å². The molecule has 10 nitrogen and oxygen atoms in total. The maximum atomic E-state index is 13.2. The lowest BCUT2D eigenvalue weighted by Gasteiger charge is -2.27. The lowest BCUT2D eigenvalue weighted by molar-refractivity contribution is -0.129. The van der Waals surface area contributed by atoms with Gasteiger partial charge in [-0.25, -0.2) is 8.42 Å². The number of nitrogens with zero attached hydrogens (tertiary/aromatic N) is 1.